The van der Waals surface area contributed by atoms with E-state index >= 15 is 0 Å². The lowest BCUT2D eigenvalue weighted by atomic mass is 10.1. The molecule has 0 saturated carbocycles. The molecule has 3 aromatic rings. The van der Waals surface area contributed by atoms with Crippen LogP contribution >= 0.6 is 34.3 Å². The maximum atomic E-state index is 12.5. The van der Waals surface area contributed by atoms with E-state index in [1.807, 2.05) is 0 Å². The Bertz CT molecular complexity index is 915. The van der Waals surface area contributed by atoms with Crippen LogP contribution in [0.15, 0.2) is 16.7 Å². The van der Waals surface area contributed by atoms with E-state index < -0.39 is 0 Å². The number of aromatic nitrogens is 2. The quantitative estimate of drug-likeness (QED) is 0.737. The van der Waals surface area contributed by atoms with Gasteiger partial charge < -0.3 is 14.6 Å². The van der Waals surface area contributed by atoms with Crippen molar-refractivity contribution in [2.45, 2.75) is 20.0 Å². The van der Waals surface area contributed by atoms with Crippen molar-refractivity contribution in [1.29, 1.82) is 0 Å². The smallest absolute Gasteiger partial charge is 0.266 e. The van der Waals surface area contributed by atoms with E-state index in [1.165, 1.54) is 22.7 Å². The molecule has 1 amide bonds. The maximum absolute atomic E-state index is 12.5. The Balaban J connectivity index is 1.74. The number of hydrogen-bond donors (Lipinski definition) is 1. The van der Waals surface area contributed by atoms with Gasteiger partial charge in [0.1, 0.15) is 5.00 Å². The molecule has 24 heavy (non-hydrogen) atoms. The number of amides is 1. The summed E-state index contributed by atoms with van der Waals surface area (Å²) in [6, 6.07) is 3.41. The van der Waals surface area contributed by atoms with Crippen LogP contribution in [-0.4, -0.2) is 22.7 Å². The molecule has 0 fully saturated rings. The summed E-state index contributed by atoms with van der Waals surface area (Å²) in [5.41, 5.74) is 1.91. The highest BCUT2D eigenvalue weighted by atomic mass is 35.5. The van der Waals surface area contributed by atoms with Crippen molar-refractivity contribution < 1.29 is 14.1 Å². The Labute approximate surface area is 150 Å². The second-order valence-electron chi connectivity index (χ2n) is 5.22. The molecular weight excluding hydrogens is 370 g/mol. The first kappa shape index (κ1) is 15.8. The van der Waals surface area contributed by atoms with Crippen LogP contribution in [0, 0.1) is 6.92 Å². The summed E-state index contributed by atoms with van der Waals surface area (Å²) in [6.45, 7) is 2.93. The Morgan fingerprint density at radius 2 is 2.25 bits per heavy atom. The molecule has 1 aliphatic heterocycles. The van der Waals surface area contributed by atoms with E-state index in [-0.39, 0.29) is 5.91 Å². The number of rotatable bonds is 3. The molecular formula is C15H12ClN3O3S2. The number of halogens is 1. The summed E-state index contributed by atoms with van der Waals surface area (Å²) in [4.78, 5) is 18.4. The minimum atomic E-state index is -0.205. The third kappa shape index (κ3) is 2.86. The number of thiophene rings is 2. The van der Waals surface area contributed by atoms with Gasteiger partial charge in [0.05, 0.1) is 28.0 Å². The fourth-order valence-electron chi connectivity index (χ4n) is 2.55. The molecule has 0 unspecified atom stereocenters. The summed E-state index contributed by atoms with van der Waals surface area (Å²) in [6.07, 6.45) is 0.753. The second kappa shape index (κ2) is 6.29. The van der Waals surface area contributed by atoms with Crippen molar-refractivity contribution in [1.82, 2.24) is 10.1 Å². The van der Waals surface area contributed by atoms with Gasteiger partial charge in [0.2, 0.25) is 0 Å². The van der Waals surface area contributed by atoms with Crippen LogP contribution in [0.4, 0.5) is 5.00 Å². The number of nitrogens with one attached hydrogen (secondary N) is 1. The van der Waals surface area contributed by atoms with Crippen LogP contribution in [0.2, 0.25) is 4.34 Å². The Morgan fingerprint density at radius 3 is 2.96 bits per heavy atom. The van der Waals surface area contributed by atoms with E-state index in [4.69, 9.17) is 20.9 Å². The van der Waals surface area contributed by atoms with Crippen LogP contribution in [0.5, 0.6) is 0 Å². The van der Waals surface area contributed by atoms with Gasteiger partial charge in [-0.15, -0.1) is 22.7 Å². The maximum Gasteiger partial charge on any atom is 0.266 e. The van der Waals surface area contributed by atoms with Crippen LogP contribution in [0.1, 0.15) is 25.9 Å². The summed E-state index contributed by atoms with van der Waals surface area (Å²) in [5, 5.41) is 7.51. The number of fused-ring (bicyclic) bond motifs is 1. The lowest BCUT2D eigenvalue weighted by Gasteiger charge is -2.12. The van der Waals surface area contributed by atoms with Gasteiger partial charge >= 0.3 is 0 Å². The molecule has 6 nitrogen and oxygen atoms in total. The molecule has 0 aromatic carbocycles. The van der Waals surface area contributed by atoms with Crippen molar-refractivity contribution >= 4 is 45.2 Å². The highest BCUT2D eigenvalue weighted by molar-refractivity contribution is 7.19. The molecule has 3 aromatic heterocycles. The molecule has 0 aliphatic carbocycles. The van der Waals surface area contributed by atoms with E-state index in [9.17, 15) is 4.79 Å². The fraction of sp³-hybridized carbons (Fsp3) is 0.267. The van der Waals surface area contributed by atoms with E-state index in [1.54, 1.807) is 19.1 Å². The molecule has 4 heterocycles. The van der Waals surface area contributed by atoms with Gasteiger partial charge in [0.25, 0.3) is 11.8 Å². The summed E-state index contributed by atoms with van der Waals surface area (Å²) in [5.74, 6) is 0.773. The average molecular weight is 382 g/mol. The summed E-state index contributed by atoms with van der Waals surface area (Å²) >= 11 is 8.63. The molecule has 1 N–H and O–H groups in total. The molecule has 0 saturated heterocycles. The van der Waals surface area contributed by atoms with Crippen LogP contribution < -0.4 is 5.32 Å². The second-order valence-corrected chi connectivity index (χ2v) is 8.04. The normalized spacial score (nSPS) is 13.8. The van der Waals surface area contributed by atoms with Crippen LogP contribution in [-0.2, 0) is 17.8 Å². The zero-order valence-corrected chi connectivity index (χ0v) is 15.0. The first-order valence-corrected chi connectivity index (χ1v) is 9.22. The molecule has 9 heteroatoms. The highest BCUT2D eigenvalue weighted by Crippen LogP contribution is 2.42. The van der Waals surface area contributed by atoms with Gasteiger partial charge in [-0.2, -0.15) is 4.98 Å². The third-order valence-corrected chi connectivity index (χ3v) is 5.94. The highest BCUT2D eigenvalue weighted by Gasteiger charge is 2.27. The lowest BCUT2D eigenvalue weighted by Crippen LogP contribution is -2.10. The van der Waals surface area contributed by atoms with E-state index in [2.05, 4.69) is 15.5 Å². The molecule has 0 radical (unpaired) electrons. The van der Waals surface area contributed by atoms with Crippen molar-refractivity contribution in [2.75, 3.05) is 11.9 Å². The number of ether oxygens (including phenoxy) is 1. The zero-order chi connectivity index (χ0) is 16.7. The van der Waals surface area contributed by atoms with E-state index in [0.717, 1.165) is 22.4 Å². The number of carbonyl (C=O) groups excluding carboxylic acids is 1. The monoisotopic (exact) mass is 381 g/mol. The van der Waals surface area contributed by atoms with Gasteiger partial charge in [0.15, 0.2) is 5.82 Å². The molecule has 4 rings (SSSR count). The van der Waals surface area contributed by atoms with Crippen molar-refractivity contribution in [3.63, 3.8) is 0 Å². The first-order valence-electron chi connectivity index (χ1n) is 7.21. The van der Waals surface area contributed by atoms with Gasteiger partial charge in [-0.3, -0.25) is 4.79 Å². The van der Waals surface area contributed by atoms with Crippen molar-refractivity contribution in [3.05, 3.63) is 37.6 Å². The lowest BCUT2D eigenvalue weighted by molar-refractivity contribution is 0.103. The summed E-state index contributed by atoms with van der Waals surface area (Å²) in [7, 11) is 0. The minimum Gasteiger partial charge on any atom is -0.376 e. The number of nitrogens with zero attached hydrogens (tertiary/aromatic N) is 2. The van der Waals surface area contributed by atoms with Crippen molar-refractivity contribution in [3.8, 4) is 11.5 Å². The van der Waals surface area contributed by atoms with Gasteiger partial charge in [-0.25, -0.2) is 0 Å². The molecule has 1 aliphatic rings. The minimum absolute atomic E-state index is 0.205. The molecule has 124 valence electrons. The van der Waals surface area contributed by atoms with Gasteiger partial charge in [0, 0.05) is 4.88 Å². The number of carbonyl (C=O) groups is 1. The standard InChI is InChI=1S/C15H12ClN3O3S2/c1-7-17-14(22-19-7)12-8-4-5-21-6-10(8)24-15(12)18-13(20)9-2-3-11(16)23-9/h2-3H,4-6H2,1H3,(H,18,20). The SMILES string of the molecule is Cc1noc(-c2c(NC(=O)c3ccc(Cl)s3)sc3c2CCOC3)n1. The predicted octanol–water partition coefficient (Wildman–Crippen LogP) is 4.15. The van der Waals surface area contributed by atoms with Gasteiger partial charge in [-0.05, 0) is 31.0 Å². The summed E-state index contributed by atoms with van der Waals surface area (Å²) < 4.78 is 11.4. The van der Waals surface area contributed by atoms with Crippen LogP contribution in [0.25, 0.3) is 11.5 Å². The third-order valence-electron chi connectivity index (χ3n) is 3.59. The Morgan fingerprint density at radius 1 is 1.38 bits per heavy atom. The van der Waals surface area contributed by atoms with Gasteiger partial charge in [-0.1, -0.05) is 16.8 Å². The first-order chi connectivity index (χ1) is 11.6. The largest absolute Gasteiger partial charge is 0.376 e. The Kier molecular flexibility index (Phi) is 4.13. The number of aryl methyl sites for hydroxylation is 1. The number of anilines is 1. The topological polar surface area (TPSA) is 77.2 Å². The molecule has 0 spiro atoms. The molecule has 0 atom stereocenters. The molecule has 0 bridgehead atoms. The fourth-order valence-corrected chi connectivity index (χ4v) is 4.66. The number of hydrogen-bond acceptors (Lipinski definition) is 7. The van der Waals surface area contributed by atoms with Crippen LogP contribution in [0.3, 0.4) is 0 Å². The van der Waals surface area contributed by atoms with Crippen molar-refractivity contribution in [2.24, 2.45) is 0 Å². The Hall–Kier alpha value is -1.74. The van der Waals surface area contributed by atoms with E-state index in [0.29, 0.717) is 39.1 Å². The average Bonchev–Trinajstić information content (AvgIpc) is 3.25. The predicted molar refractivity (Wildman–Crippen MR) is 93.0 cm³/mol. The zero-order valence-electron chi connectivity index (χ0n) is 12.6.